The highest BCUT2D eigenvalue weighted by molar-refractivity contribution is 4.97. The molecule has 0 aliphatic carbocycles. The van der Waals surface area contributed by atoms with Crippen molar-refractivity contribution in [3.05, 3.63) is 24.2 Å². The molecule has 3 heteroatoms. The molecule has 1 heterocycles. The molecular formula is C14H26N2O. The summed E-state index contributed by atoms with van der Waals surface area (Å²) in [4.78, 5) is 2.31. The van der Waals surface area contributed by atoms with E-state index in [4.69, 9.17) is 4.42 Å². The molecule has 1 aromatic heterocycles. The maximum Gasteiger partial charge on any atom is 0.117 e. The predicted molar refractivity (Wildman–Crippen MR) is 71.9 cm³/mol. The van der Waals surface area contributed by atoms with Crippen LogP contribution in [0.1, 0.15) is 26.5 Å². The molecule has 0 aliphatic heterocycles. The summed E-state index contributed by atoms with van der Waals surface area (Å²) >= 11 is 0. The lowest BCUT2D eigenvalue weighted by Gasteiger charge is -2.21. The Balaban J connectivity index is 2.14. The van der Waals surface area contributed by atoms with Gasteiger partial charge >= 0.3 is 0 Å². The summed E-state index contributed by atoms with van der Waals surface area (Å²) in [6.07, 6.45) is 1.73. The van der Waals surface area contributed by atoms with E-state index in [1.54, 1.807) is 6.26 Å². The van der Waals surface area contributed by atoms with E-state index in [0.717, 1.165) is 37.9 Å². The van der Waals surface area contributed by atoms with Crippen LogP contribution in [0, 0.1) is 11.8 Å². The third-order valence-corrected chi connectivity index (χ3v) is 2.67. The van der Waals surface area contributed by atoms with Crippen LogP contribution in [0.2, 0.25) is 0 Å². The summed E-state index contributed by atoms with van der Waals surface area (Å²) in [7, 11) is 2.14. The number of hydrogen-bond acceptors (Lipinski definition) is 3. The van der Waals surface area contributed by atoms with Crippen molar-refractivity contribution in [3.63, 3.8) is 0 Å². The molecule has 0 fully saturated rings. The Kier molecular flexibility index (Phi) is 6.30. The number of nitrogens with one attached hydrogen (secondary N) is 1. The second-order valence-corrected chi connectivity index (χ2v) is 5.43. The SMILES string of the molecule is CC(C)CNCC(C)CN(C)Cc1ccco1. The van der Waals surface area contributed by atoms with Gasteiger partial charge in [-0.1, -0.05) is 20.8 Å². The minimum atomic E-state index is 0.661. The summed E-state index contributed by atoms with van der Waals surface area (Å²) in [6, 6.07) is 3.97. The standard InChI is InChI=1S/C14H26N2O/c1-12(2)8-15-9-13(3)10-16(4)11-14-6-5-7-17-14/h5-7,12-13,15H,8-11H2,1-4H3. The Morgan fingerprint density at radius 3 is 2.65 bits per heavy atom. The number of rotatable bonds is 8. The third kappa shape index (κ3) is 6.49. The normalized spacial score (nSPS) is 13.5. The Hall–Kier alpha value is -0.800. The fourth-order valence-corrected chi connectivity index (χ4v) is 1.95. The molecule has 1 aromatic rings. The van der Waals surface area contributed by atoms with Crippen molar-refractivity contribution in [1.82, 2.24) is 10.2 Å². The Morgan fingerprint density at radius 1 is 1.29 bits per heavy atom. The summed E-state index contributed by atoms with van der Waals surface area (Å²) in [6.45, 7) is 10.9. The average Bonchev–Trinajstić information content (AvgIpc) is 2.69. The Bertz CT molecular complexity index is 282. The van der Waals surface area contributed by atoms with Crippen molar-refractivity contribution in [1.29, 1.82) is 0 Å². The molecule has 0 bridgehead atoms. The van der Waals surface area contributed by atoms with Gasteiger partial charge in [-0.15, -0.1) is 0 Å². The monoisotopic (exact) mass is 238 g/mol. The maximum absolute atomic E-state index is 5.34. The highest BCUT2D eigenvalue weighted by atomic mass is 16.3. The van der Waals surface area contributed by atoms with Crippen LogP contribution in [0.5, 0.6) is 0 Å². The van der Waals surface area contributed by atoms with Gasteiger partial charge in [0.2, 0.25) is 0 Å². The van der Waals surface area contributed by atoms with Crippen LogP contribution < -0.4 is 5.32 Å². The van der Waals surface area contributed by atoms with Crippen molar-refractivity contribution in [2.75, 3.05) is 26.7 Å². The first kappa shape index (κ1) is 14.3. The van der Waals surface area contributed by atoms with Gasteiger partial charge in [0.25, 0.3) is 0 Å². The summed E-state index contributed by atoms with van der Waals surface area (Å²) in [5.74, 6) is 2.42. The highest BCUT2D eigenvalue weighted by Gasteiger charge is 2.08. The first-order chi connectivity index (χ1) is 8.08. The van der Waals surface area contributed by atoms with E-state index in [9.17, 15) is 0 Å². The Labute approximate surface area is 105 Å². The van der Waals surface area contributed by atoms with E-state index >= 15 is 0 Å². The summed E-state index contributed by atoms with van der Waals surface area (Å²) < 4.78 is 5.34. The first-order valence-electron chi connectivity index (χ1n) is 6.49. The maximum atomic E-state index is 5.34. The predicted octanol–water partition coefficient (Wildman–Crippen LogP) is 2.59. The fourth-order valence-electron chi connectivity index (χ4n) is 1.95. The van der Waals surface area contributed by atoms with Gasteiger partial charge < -0.3 is 9.73 Å². The Morgan fingerprint density at radius 2 is 2.06 bits per heavy atom. The molecule has 1 rings (SSSR count). The molecule has 0 aromatic carbocycles. The zero-order valence-electron chi connectivity index (χ0n) is 11.6. The van der Waals surface area contributed by atoms with Gasteiger partial charge in [-0.25, -0.2) is 0 Å². The lowest BCUT2D eigenvalue weighted by atomic mass is 10.1. The number of furan rings is 1. The van der Waals surface area contributed by atoms with Crippen LogP contribution in [0.15, 0.2) is 22.8 Å². The molecule has 17 heavy (non-hydrogen) atoms. The molecule has 1 atom stereocenters. The molecule has 1 unspecified atom stereocenters. The van der Waals surface area contributed by atoms with E-state index < -0.39 is 0 Å². The molecular weight excluding hydrogens is 212 g/mol. The summed E-state index contributed by atoms with van der Waals surface area (Å²) in [5, 5.41) is 3.50. The van der Waals surface area contributed by atoms with Gasteiger partial charge in [0.15, 0.2) is 0 Å². The van der Waals surface area contributed by atoms with Crippen molar-refractivity contribution in [2.24, 2.45) is 11.8 Å². The van der Waals surface area contributed by atoms with Gasteiger partial charge in [0, 0.05) is 6.54 Å². The van der Waals surface area contributed by atoms with Gasteiger partial charge in [-0.3, -0.25) is 4.90 Å². The zero-order chi connectivity index (χ0) is 12.7. The van der Waals surface area contributed by atoms with Crippen LogP contribution >= 0.6 is 0 Å². The zero-order valence-corrected chi connectivity index (χ0v) is 11.6. The van der Waals surface area contributed by atoms with Crippen molar-refractivity contribution < 1.29 is 4.42 Å². The minimum Gasteiger partial charge on any atom is -0.468 e. The fraction of sp³-hybridized carbons (Fsp3) is 0.714. The first-order valence-corrected chi connectivity index (χ1v) is 6.49. The van der Waals surface area contributed by atoms with E-state index in [1.165, 1.54) is 0 Å². The van der Waals surface area contributed by atoms with Crippen molar-refractivity contribution >= 4 is 0 Å². The van der Waals surface area contributed by atoms with Crippen LogP contribution in [-0.2, 0) is 6.54 Å². The topological polar surface area (TPSA) is 28.4 Å². The summed E-state index contributed by atoms with van der Waals surface area (Å²) in [5.41, 5.74) is 0. The van der Waals surface area contributed by atoms with E-state index in [-0.39, 0.29) is 0 Å². The molecule has 0 spiro atoms. The van der Waals surface area contributed by atoms with Crippen molar-refractivity contribution in [2.45, 2.75) is 27.3 Å². The molecule has 3 nitrogen and oxygen atoms in total. The van der Waals surface area contributed by atoms with Gasteiger partial charge in [-0.2, -0.15) is 0 Å². The second-order valence-electron chi connectivity index (χ2n) is 5.43. The van der Waals surface area contributed by atoms with Crippen LogP contribution in [0.3, 0.4) is 0 Å². The largest absolute Gasteiger partial charge is 0.468 e. The van der Waals surface area contributed by atoms with Crippen LogP contribution in [0.4, 0.5) is 0 Å². The number of nitrogens with zero attached hydrogens (tertiary/aromatic N) is 1. The minimum absolute atomic E-state index is 0.661. The highest BCUT2D eigenvalue weighted by Crippen LogP contribution is 2.05. The molecule has 0 saturated carbocycles. The average molecular weight is 238 g/mol. The molecule has 98 valence electrons. The molecule has 0 saturated heterocycles. The van der Waals surface area contributed by atoms with Gasteiger partial charge in [-0.05, 0) is 44.1 Å². The second kappa shape index (κ2) is 7.51. The van der Waals surface area contributed by atoms with Crippen LogP contribution in [0.25, 0.3) is 0 Å². The molecule has 1 N–H and O–H groups in total. The molecule has 0 radical (unpaired) electrons. The van der Waals surface area contributed by atoms with Crippen molar-refractivity contribution in [3.8, 4) is 0 Å². The molecule has 0 amide bonds. The van der Waals surface area contributed by atoms with Crippen LogP contribution in [-0.4, -0.2) is 31.6 Å². The van der Waals surface area contributed by atoms with E-state index in [0.29, 0.717) is 5.92 Å². The van der Waals surface area contributed by atoms with E-state index in [2.05, 4.69) is 38.0 Å². The lowest BCUT2D eigenvalue weighted by Crippen LogP contribution is -2.32. The lowest BCUT2D eigenvalue weighted by molar-refractivity contribution is 0.253. The third-order valence-electron chi connectivity index (χ3n) is 2.67. The number of hydrogen-bond donors (Lipinski definition) is 1. The molecule has 0 aliphatic rings. The van der Waals surface area contributed by atoms with Gasteiger partial charge in [0.05, 0.1) is 12.8 Å². The smallest absolute Gasteiger partial charge is 0.117 e. The van der Waals surface area contributed by atoms with Gasteiger partial charge in [0.1, 0.15) is 5.76 Å². The van der Waals surface area contributed by atoms with E-state index in [1.807, 2.05) is 12.1 Å². The quantitative estimate of drug-likeness (QED) is 0.754.